The van der Waals surface area contributed by atoms with Gasteiger partial charge in [0.2, 0.25) is 11.8 Å². The summed E-state index contributed by atoms with van der Waals surface area (Å²) in [5, 5.41) is 2.97. The molecule has 1 heterocycles. The van der Waals surface area contributed by atoms with E-state index in [-0.39, 0.29) is 24.1 Å². The van der Waals surface area contributed by atoms with Gasteiger partial charge in [0.15, 0.2) is 5.17 Å². The third-order valence-electron chi connectivity index (χ3n) is 5.13. The van der Waals surface area contributed by atoms with E-state index in [4.69, 9.17) is 11.6 Å². The number of nitrogens with one attached hydrogen (secondary N) is 1. The van der Waals surface area contributed by atoms with E-state index in [1.165, 1.54) is 48.2 Å². The van der Waals surface area contributed by atoms with Crippen molar-refractivity contribution in [2.45, 2.75) is 18.1 Å². The van der Waals surface area contributed by atoms with Gasteiger partial charge in [-0.1, -0.05) is 35.5 Å². The number of halogens is 3. The zero-order valence-corrected chi connectivity index (χ0v) is 19.5. The normalized spacial score (nSPS) is 17.1. The van der Waals surface area contributed by atoms with Crippen molar-refractivity contribution in [1.29, 1.82) is 0 Å². The van der Waals surface area contributed by atoms with Crippen molar-refractivity contribution >= 4 is 51.7 Å². The van der Waals surface area contributed by atoms with Gasteiger partial charge in [-0.15, -0.1) is 0 Å². The zero-order chi connectivity index (χ0) is 24.1. The fraction of sp³-hybridized carbons (Fsp3) is 0.160. The first-order valence-electron chi connectivity index (χ1n) is 10.5. The molecule has 34 heavy (non-hydrogen) atoms. The second-order valence-electron chi connectivity index (χ2n) is 7.60. The van der Waals surface area contributed by atoms with E-state index < -0.39 is 11.1 Å². The summed E-state index contributed by atoms with van der Waals surface area (Å²) in [4.78, 5) is 32.1. The second-order valence-corrected chi connectivity index (χ2v) is 9.21. The molecule has 1 N–H and O–H groups in total. The maximum absolute atomic E-state index is 13.2. The minimum Gasteiger partial charge on any atom is -0.325 e. The van der Waals surface area contributed by atoms with E-state index in [9.17, 15) is 18.4 Å². The van der Waals surface area contributed by atoms with Crippen LogP contribution in [0.3, 0.4) is 0 Å². The van der Waals surface area contributed by atoms with Gasteiger partial charge in [-0.25, -0.2) is 13.8 Å². The van der Waals surface area contributed by atoms with Crippen LogP contribution in [0.1, 0.15) is 12.0 Å². The van der Waals surface area contributed by atoms with Crippen LogP contribution in [0.4, 0.5) is 20.2 Å². The van der Waals surface area contributed by atoms with Crippen molar-refractivity contribution < 1.29 is 18.4 Å². The highest BCUT2D eigenvalue weighted by atomic mass is 35.5. The van der Waals surface area contributed by atoms with Gasteiger partial charge in [-0.3, -0.25) is 14.5 Å². The molecule has 0 aliphatic carbocycles. The number of amidine groups is 1. The van der Waals surface area contributed by atoms with Gasteiger partial charge < -0.3 is 5.32 Å². The molecular weight excluding hydrogens is 480 g/mol. The van der Waals surface area contributed by atoms with Crippen LogP contribution in [0.5, 0.6) is 0 Å². The molecule has 9 heteroatoms. The third-order valence-corrected chi connectivity index (χ3v) is 6.57. The minimum atomic E-state index is -0.703. The van der Waals surface area contributed by atoms with Crippen LogP contribution in [0.2, 0.25) is 5.02 Å². The summed E-state index contributed by atoms with van der Waals surface area (Å²) < 4.78 is 26.4. The van der Waals surface area contributed by atoms with Crippen LogP contribution in [-0.4, -0.2) is 33.7 Å². The molecule has 5 nitrogen and oxygen atoms in total. The number of carbonyl (C=O) groups is 2. The number of hydrogen-bond acceptors (Lipinski definition) is 4. The van der Waals surface area contributed by atoms with Gasteiger partial charge in [0.05, 0.1) is 5.69 Å². The summed E-state index contributed by atoms with van der Waals surface area (Å²) in [6.07, 6.45) is 0.486. The number of rotatable bonds is 6. The van der Waals surface area contributed by atoms with Crippen molar-refractivity contribution in [3.63, 3.8) is 0 Å². The number of aliphatic imine (C=N–C) groups is 1. The highest BCUT2D eigenvalue weighted by Gasteiger charge is 2.35. The van der Waals surface area contributed by atoms with E-state index in [1.807, 2.05) is 0 Å². The molecule has 0 aromatic heterocycles. The summed E-state index contributed by atoms with van der Waals surface area (Å²) in [5.41, 5.74) is 1.90. The molecule has 1 fully saturated rings. The first-order valence-corrected chi connectivity index (χ1v) is 11.8. The first kappa shape index (κ1) is 23.9. The highest BCUT2D eigenvalue weighted by molar-refractivity contribution is 8.15. The van der Waals surface area contributed by atoms with E-state index in [0.29, 0.717) is 34.5 Å². The molecule has 174 valence electrons. The van der Waals surface area contributed by atoms with Crippen LogP contribution >= 0.6 is 23.4 Å². The van der Waals surface area contributed by atoms with E-state index in [1.54, 1.807) is 41.3 Å². The van der Waals surface area contributed by atoms with Gasteiger partial charge in [0, 0.05) is 23.7 Å². The lowest BCUT2D eigenvalue weighted by molar-refractivity contribution is -0.129. The Morgan fingerprint density at radius 3 is 2.26 bits per heavy atom. The number of hydrogen-bond donors (Lipinski definition) is 1. The van der Waals surface area contributed by atoms with Gasteiger partial charge in [0.1, 0.15) is 16.9 Å². The Labute approximate surface area is 204 Å². The van der Waals surface area contributed by atoms with Crippen LogP contribution < -0.4 is 5.32 Å². The molecule has 0 spiro atoms. The molecule has 0 radical (unpaired) electrons. The first-order chi connectivity index (χ1) is 16.4. The number of thioether (sulfide) groups is 1. The van der Waals surface area contributed by atoms with Crippen molar-refractivity contribution in [2.24, 2.45) is 4.99 Å². The number of carbonyl (C=O) groups excluding carboxylic acids is 2. The number of nitrogens with zero attached hydrogens (tertiary/aromatic N) is 2. The Kier molecular flexibility index (Phi) is 7.59. The van der Waals surface area contributed by atoms with Crippen molar-refractivity contribution in [3.8, 4) is 0 Å². The lowest BCUT2D eigenvalue weighted by Crippen LogP contribution is -2.46. The van der Waals surface area contributed by atoms with Crippen molar-refractivity contribution in [3.05, 3.63) is 95.0 Å². The van der Waals surface area contributed by atoms with E-state index >= 15 is 0 Å². The summed E-state index contributed by atoms with van der Waals surface area (Å²) in [6.45, 7) is 0.330. The van der Waals surface area contributed by atoms with E-state index in [0.717, 1.165) is 5.56 Å². The fourth-order valence-electron chi connectivity index (χ4n) is 3.34. The molecule has 1 aliphatic heterocycles. The number of benzene rings is 3. The molecule has 0 saturated carbocycles. The van der Waals surface area contributed by atoms with Crippen molar-refractivity contribution in [2.75, 3.05) is 11.9 Å². The molecule has 2 amide bonds. The standard InChI is InChI=1S/C25H20ClF2N3O2S/c26-17-3-9-21(10-4-17)30-25-31(14-13-16-1-5-18(27)6-2-16)23(32)15-22(34-25)24(33)29-20-11-7-19(28)8-12-20/h1-12,22H,13-15H2,(H,29,33)/t22-/m1/s1. The topological polar surface area (TPSA) is 61.8 Å². The van der Waals surface area contributed by atoms with Gasteiger partial charge >= 0.3 is 0 Å². The number of amides is 2. The molecular formula is C25H20ClF2N3O2S. The summed E-state index contributed by atoms with van der Waals surface area (Å²) >= 11 is 7.15. The Morgan fingerprint density at radius 1 is 1.00 bits per heavy atom. The molecule has 1 saturated heterocycles. The summed E-state index contributed by atoms with van der Waals surface area (Å²) in [7, 11) is 0. The predicted molar refractivity (Wildman–Crippen MR) is 131 cm³/mol. The predicted octanol–water partition coefficient (Wildman–Crippen LogP) is 5.82. The quantitative estimate of drug-likeness (QED) is 0.465. The highest BCUT2D eigenvalue weighted by Crippen LogP contribution is 2.30. The Balaban J connectivity index is 1.54. The lowest BCUT2D eigenvalue weighted by Gasteiger charge is -2.32. The maximum Gasteiger partial charge on any atom is 0.238 e. The van der Waals surface area contributed by atoms with Crippen LogP contribution in [0.15, 0.2) is 77.8 Å². The van der Waals surface area contributed by atoms with Crippen LogP contribution in [-0.2, 0) is 16.0 Å². The molecule has 1 aliphatic rings. The smallest absolute Gasteiger partial charge is 0.238 e. The van der Waals surface area contributed by atoms with Crippen LogP contribution in [0, 0.1) is 11.6 Å². The number of anilines is 1. The van der Waals surface area contributed by atoms with Gasteiger partial charge in [-0.2, -0.15) is 0 Å². The maximum atomic E-state index is 13.2. The summed E-state index contributed by atoms with van der Waals surface area (Å²) in [6, 6.07) is 18.3. The molecule has 1 atom stereocenters. The average molecular weight is 500 g/mol. The molecule has 0 unspecified atom stereocenters. The minimum absolute atomic E-state index is 0.0131. The zero-order valence-electron chi connectivity index (χ0n) is 17.9. The molecule has 3 aromatic rings. The monoisotopic (exact) mass is 499 g/mol. The van der Waals surface area contributed by atoms with Crippen molar-refractivity contribution in [1.82, 2.24) is 4.90 Å². The third kappa shape index (κ3) is 6.21. The van der Waals surface area contributed by atoms with Gasteiger partial charge in [0.25, 0.3) is 0 Å². The van der Waals surface area contributed by atoms with Gasteiger partial charge in [-0.05, 0) is 72.6 Å². The SMILES string of the molecule is O=C(Nc1ccc(F)cc1)[C@H]1CC(=O)N(CCc2ccc(F)cc2)C(=Nc2ccc(Cl)cc2)S1. The Morgan fingerprint density at radius 2 is 1.62 bits per heavy atom. The molecule has 0 bridgehead atoms. The van der Waals surface area contributed by atoms with E-state index in [2.05, 4.69) is 10.3 Å². The Hall–Kier alpha value is -3.23. The summed E-state index contributed by atoms with van der Waals surface area (Å²) in [5.74, 6) is -1.34. The molecule has 3 aromatic carbocycles. The fourth-order valence-corrected chi connectivity index (χ4v) is 4.59. The second kappa shape index (κ2) is 10.8. The Bertz CT molecular complexity index is 1200. The molecule has 4 rings (SSSR count). The largest absolute Gasteiger partial charge is 0.325 e. The lowest BCUT2D eigenvalue weighted by atomic mass is 10.1. The average Bonchev–Trinajstić information content (AvgIpc) is 2.82. The van der Waals surface area contributed by atoms with Crippen LogP contribution in [0.25, 0.3) is 0 Å².